The van der Waals surface area contributed by atoms with E-state index in [1.807, 2.05) is 78.9 Å². The summed E-state index contributed by atoms with van der Waals surface area (Å²) in [5.74, 6) is 0. The van der Waals surface area contributed by atoms with Gasteiger partial charge >= 0.3 is 12.3 Å². The molecule has 0 fully saturated rings. The Labute approximate surface area is 193 Å². The summed E-state index contributed by atoms with van der Waals surface area (Å²) in [4.78, 5) is 24.9. The molecule has 0 radical (unpaired) electrons. The maximum Gasteiger partial charge on any atom is 0.508 e. The quantitative estimate of drug-likeness (QED) is 0.345. The van der Waals surface area contributed by atoms with E-state index in [0.29, 0.717) is 0 Å². The number of hydrogen-bond donors (Lipinski definition) is 0. The average Bonchev–Trinajstić information content (AvgIpc) is 2.84. The lowest BCUT2D eigenvalue weighted by Crippen LogP contribution is -2.11. The highest BCUT2D eigenvalue weighted by Gasteiger charge is 2.13. The topological polar surface area (TPSA) is 74.3 Å². The average molecular weight is 450 g/mol. The Morgan fingerprint density at radius 2 is 0.970 bits per heavy atom. The molecule has 0 unspecified atom stereocenters. The molecule has 0 aliphatic rings. The second-order valence-electron chi connectivity index (χ2n) is 6.95. The van der Waals surface area contributed by atoms with Gasteiger partial charge < -0.3 is 23.8 Å². The van der Waals surface area contributed by atoms with Gasteiger partial charge in [-0.15, -0.1) is 0 Å². The van der Waals surface area contributed by atoms with Gasteiger partial charge in [-0.05, 0) is 61.4 Å². The molecule has 0 spiro atoms. The molecule has 3 rings (SSSR count). The summed E-state index contributed by atoms with van der Waals surface area (Å²) in [6.07, 6.45) is -1.36. The van der Waals surface area contributed by atoms with Crippen LogP contribution in [0, 0.1) is 0 Å². The van der Waals surface area contributed by atoms with Gasteiger partial charge in [0.25, 0.3) is 0 Å². The molecule has 3 aromatic carbocycles. The second kappa shape index (κ2) is 12.1. The fraction of sp³-hybridized carbons (Fsp3) is 0.231. The maximum absolute atomic E-state index is 11.4. The van der Waals surface area contributed by atoms with E-state index in [0.717, 1.165) is 28.2 Å². The van der Waals surface area contributed by atoms with Crippen LogP contribution in [0.15, 0.2) is 78.9 Å². The molecule has 0 saturated carbocycles. The van der Waals surface area contributed by atoms with Crippen LogP contribution in [0.3, 0.4) is 0 Å². The van der Waals surface area contributed by atoms with Gasteiger partial charge in [0.15, 0.2) is 0 Å². The molecule has 0 heterocycles. The summed E-state index contributed by atoms with van der Waals surface area (Å²) in [6.45, 7) is 4.29. The van der Waals surface area contributed by atoms with Gasteiger partial charge in [0.1, 0.15) is 13.2 Å². The highest BCUT2D eigenvalue weighted by atomic mass is 16.7. The first-order valence-corrected chi connectivity index (χ1v) is 10.7. The van der Waals surface area contributed by atoms with E-state index in [9.17, 15) is 9.59 Å². The van der Waals surface area contributed by atoms with E-state index < -0.39 is 12.3 Å². The van der Waals surface area contributed by atoms with E-state index >= 15 is 0 Å². The van der Waals surface area contributed by atoms with Crippen molar-refractivity contribution in [1.29, 1.82) is 0 Å². The van der Waals surface area contributed by atoms with Gasteiger partial charge in [-0.2, -0.15) is 0 Å². The van der Waals surface area contributed by atoms with Crippen molar-refractivity contribution in [3.63, 3.8) is 0 Å². The molecular formula is C26H27NO6. The van der Waals surface area contributed by atoms with Gasteiger partial charge in [-0.25, -0.2) is 9.59 Å². The predicted octanol–water partition coefficient (Wildman–Crippen LogP) is 6.50. The Bertz CT molecular complexity index is 953. The number of ether oxygens (including phenoxy) is 4. The standard InChI is InChI=1S/C26H27NO6/c1-3-30-25(28)32-18-20-10-14-23(15-11-20)27(22-8-6-5-7-9-22)24-16-12-21(13-17-24)19-33-26(29)31-4-2/h5-17H,3-4,18-19H2,1-2H3. The molecule has 3 aromatic rings. The number of carbonyl (C=O) groups excluding carboxylic acids is 2. The first kappa shape index (κ1) is 23.7. The van der Waals surface area contributed by atoms with Gasteiger partial charge in [0, 0.05) is 17.1 Å². The van der Waals surface area contributed by atoms with Crippen molar-refractivity contribution in [3.8, 4) is 0 Å². The Morgan fingerprint density at radius 1 is 0.576 bits per heavy atom. The van der Waals surface area contributed by atoms with E-state index in [2.05, 4.69) is 4.90 Å². The number of para-hydroxylation sites is 1. The largest absolute Gasteiger partial charge is 0.508 e. The zero-order valence-corrected chi connectivity index (χ0v) is 18.7. The summed E-state index contributed by atoms with van der Waals surface area (Å²) in [6, 6.07) is 25.5. The van der Waals surface area contributed by atoms with Crippen molar-refractivity contribution in [1.82, 2.24) is 0 Å². The lowest BCUT2D eigenvalue weighted by Gasteiger charge is -2.25. The summed E-state index contributed by atoms with van der Waals surface area (Å²) in [5.41, 5.74) is 4.58. The highest BCUT2D eigenvalue weighted by molar-refractivity contribution is 5.76. The highest BCUT2D eigenvalue weighted by Crippen LogP contribution is 2.34. The fourth-order valence-electron chi connectivity index (χ4n) is 3.11. The van der Waals surface area contributed by atoms with E-state index in [1.165, 1.54) is 0 Å². The minimum absolute atomic E-state index is 0.139. The second-order valence-corrected chi connectivity index (χ2v) is 6.95. The van der Waals surface area contributed by atoms with Crippen molar-refractivity contribution in [3.05, 3.63) is 90.0 Å². The van der Waals surface area contributed by atoms with E-state index in [-0.39, 0.29) is 26.4 Å². The Hall–Kier alpha value is -4.00. The van der Waals surface area contributed by atoms with Gasteiger partial charge in [0.05, 0.1) is 13.2 Å². The smallest absolute Gasteiger partial charge is 0.435 e. The Balaban J connectivity index is 1.77. The monoisotopic (exact) mass is 449 g/mol. The van der Waals surface area contributed by atoms with Crippen LogP contribution in [-0.2, 0) is 32.2 Å². The minimum Gasteiger partial charge on any atom is -0.435 e. The van der Waals surface area contributed by atoms with Gasteiger partial charge in [0.2, 0.25) is 0 Å². The number of benzene rings is 3. The molecule has 0 bridgehead atoms. The number of nitrogens with zero attached hydrogens (tertiary/aromatic N) is 1. The minimum atomic E-state index is -0.681. The van der Waals surface area contributed by atoms with E-state index in [1.54, 1.807) is 13.8 Å². The van der Waals surface area contributed by atoms with E-state index in [4.69, 9.17) is 18.9 Å². The van der Waals surface area contributed by atoms with Crippen LogP contribution in [0.25, 0.3) is 0 Å². The molecule has 0 atom stereocenters. The zero-order valence-electron chi connectivity index (χ0n) is 18.7. The molecule has 0 aliphatic carbocycles. The Morgan fingerprint density at radius 3 is 1.36 bits per heavy atom. The van der Waals surface area contributed by atoms with Crippen molar-refractivity contribution in [2.24, 2.45) is 0 Å². The molecule has 33 heavy (non-hydrogen) atoms. The third-order valence-corrected chi connectivity index (χ3v) is 4.64. The molecular weight excluding hydrogens is 422 g/mol. The van der Waals surface area contributed by atoms with Crippen molar-refractivity contribution in [2.75, 3.05) is 18.1 Å². The first-order chi connectivity index (χ1) is 16.1. The lowest BCUT2D eigenvalue weighted by atomic mass is 10.1. The maximum atomic E-state index is 11.4. The third-order valence-electron chi connectivity index (χ3n) is 4.64. The van der Waals surface area contributed by atoms with Crippen molar-refractivity contribution >= 4 is 29.4 Å². The number of rotatable bonds is 9. The molecule has 172 valence electrons. The van der Waals surface area contributed by atoms with Crippen molar-refractivity contribution in [2.45, 2.75) is 27.1 Å². The van der Waals surface area contributed by atoms with Crippen LogP contribution < -0.4 is 4.90 Å². The Kier molecular flexibility index (Phi) is 8.71. The van der Waals surface area contributed by atoms with Crippen LogP contribution in [0.5, 0.6) is 0 Å². The third kappa shape index (κ3) is 7.00. The van der Waals surface area contributed by atoms with Crippen LogP contribution in [0.4, 0.5) is 26.7 Å². The number of anilines is 3. The normalized spacial score (nSPS) is 10.2. The molecule has 0 aromatic heterocycles. The molecule has 0 amide bonds. The van der Waals surface area contributed by atoms with Gasteiger partial charge in [-0.3, -0.25) is 0 Å². The van der Waals surface area contributed by atoms with Crippen LogP contribution in [0.1, 0.15) is 25.0 Å². The summed E-state index contributed by atoms with van der Waals surface area (Å²) in [5, 5.41) is 0. The van der Waals surface area contributed by atoms with Crippen molar-refractivity contribution < 1.29 is 28.5 Å². The molecule has 7 nitrogen and oxygen atoms in total. The van der Waals surface area contributed by atoms with Crippen LogP contribution >= 0.6 is 0 Å². The van der Waals surface area contributed by atoms with Gasteiger partial charge in [-0.1, -0.05) is 42.5 Å². The first-order valence-electron chi connectivity index (χ1n) is 10.7. The molecule has 0 saturated heterocycles. The summed E-state index contributed by atoms with van der Waals surface area (Å²) >= 11 is 0. The summed E-state index contributed by atoms with van der Waals surface area (Å²) in [7, 11) is 0. The van der Waals surface area contributed by atoms with Crippen LogP contribution in [0.2, 0.25) is 0 Å². The molecule has 0 N–H and O–H groups in total. The SMILES string of the molecule is CCOC(=O)OCc1ccc(N(c2ccccc2)c2ccc(COC(=O)OCC)cc2)cc1. The lowest BCUT2D eigenvalue weighted by molar-refractivity contribution is 0.0527. The predicted molar refractivity (Wildman–Crippen MR) is 125 cm³/mol. The zero-order chi connectivity index (χ0) is 23.5. The number of carbonyl (C=O) groups is 2. The summed E-state index contributed by atoms with van der Waals surface area (Å²) < 4.78 is 19.8. The fourth-order valence-corrected chi connectivity index (χ4v) is 3.11. The van der Waals surface area contributed by atoms with Crippen LogP contribution in [-0.4, -0.2) is 25.5 Å². The number of hydrogen-bond acceptors (Lipinski definition) is 7. The molecule has 7 heteroatoms. The molecule has 0 aliphatic heterocycles.